The molecule has 7 heteroatoms. The Bertz CT molecular complexity index is 1280. The summed E-state index contributed by atoms with van der Waals surface area (Å²) >= 11 is 1.38. The molecule has 0 unspecified atom stereocenters. The Balaban J connectivity index is 1.56. The molecule has 0 radical (unpaired) electrons. The molecule has 30 heavy (non-hydrogen) atoms. The summed E-state index contributed by atoms with van der Waals surface area (Å²) in [6, 6.07) is 25.2. The summed E-state index contributed by atoms with van der Waals surface area (Å²) in [5.74, 6) is -0.146. The van der Waals surface area contributed by atoms with Crippen LogP contribution in [0.1, 0.15) is 15.2 Å². The van der Waals surface area contributed by atoms with E-state index < -0.39 is 10.0 Å². The Morgan fingerprint density at radius 2 is 1.60 bits per heavy atom. The predicted octanol–water partition coefficient (Wildman–Crippen LogP) is 4.66. The van der Waals surface area contributed by atoms with Crippen molar-refractivity contribution in [1.29, 1.82) is 0 Å². The predicted molar refractivity (Wildman–Crippen MR) is 121 cm³/mol. The van der Waals surface area contributed by atoms with Crippen LogP contribution in [-0.2, 0) is 16.6 Å². The van der Waals surface area contributed by atoms with Gasteiger partial charge in [0.15, 0.2) is 0 Å². The summed E-state index contributed by atoms with van der Waals surface area (Å²) in [7, 11) is -2.12. The summed E-state index contributed by atoms with van der Waals surface area (Å²) in [5, 5.41) is 3.76. The van der Waals surface area contributed by atoms with Crippen molar-refractivity contribution in [3.8, 4) is 0 Å². The van der Waals surface area contributed by atoms with Crippen molar-refractivity contribution in [1.82, 2.24) is 5.32 Å². The van der Waals surface area contributed by atoms with Gasteiger partial charge in [-0.25, -0.2) is 8.42 Å². The van der Waals surface area contributed by atoms with Crippen LogP contribution in [-0.4, -0.2) is 21.4 Å². The van der Waals surface area contributed by atoms with Gasteiger partial charge in [0.1, 0.15) is 0 Å². The van der Waals surface area contributed by atoms with E-state index in [1.54, 1.807) is 48.5 Å². The van der Waals surface area contributed by atoms with Crippen LogP contribution in [0, 0.1) is 0 Å². The minimum atomic E-state index is -3.65. The van der Waals surface area contributed by atoms with Gasteiger partial charge in [0.25, 0.3) is 15.9 Å². The second kappa shape index (κ2) is 8.30. The molecule has 1 amide bonds. The van der Waals surface area contributed by atoms with Crippen molar-refractivity contribution in [2.75, 3.05) is 11.4 Å². The summed E-state index contributed by atoms with van der Waals surface area (Å²) in [4.78, 5) is 13.4. The number of amides is 1. The molecule has 1 N–H and O–H groups in total. The van der Waals surface area contributed by atoms with Crippen LogP contribution in [0.5, 0.6) is 0 Å². The highest BCUT2D eigenvalue weighted by molar-refractivity contribution is 7.92. The van der Waals surface area contributed by atoms with E-state index in [0.717, 1.165) is 15.6 Å². The van der Waals surface area contributed by atoms with Crippen LogP contribution in [0.25, 0.3) is 10.1 Å². The topological polar surface area (TPSA) is 66.5 Å². The summed E-state index contributed by atoms with van der Waals surface area (Å²) < 4.78 is 27.9. The number of carbonyl (C=O) groups excluding carboxylic acids is 1. The zero-order chi connectivity index (χ0) is 21.1. The third kappa shape index (κ3) is 4.08. The number of nitrogens with zero attached hydrogens (tertiary/aromatic N) is 1. The largest absolute Gasteiger partial charge is 0.347 e. The molecule has 0 saturated heterocycles. The third-order valence-electron chi connectivity index (χ3n) is 4.78. The van der Waals surface area contributed by atoms with Gasteiger partial charge in [0, 0.05) is 18.3 Å². The molecule has 0 aliphatic heterocycles. The summed E-state index contributed by atoms with van der Waals surface area (Å²) in [6.45, 7) is 0.456. The normalized spacial score (nSPS) is 11.4. The molecule has 0 saturated carbocycles. The standard InChI is InChI=1S/C23H20N2O3S2/c1-25(30(27,28)20-10-6-3-7-11-20)19-12-13-21-18(14-19)15-22(29-21)23(26)24-16-17-8-4-2-5-9-17/h2-15H,16H2,1H3,(H,24,26). The number of carbonyl (C=O) groups is 1. The first-order valence-corrected chi connectivity index (χ1v) is 11.6. The van der Waals surface area contributed by atoms with E-state index in [0.29, 0.717) is 17.1 Å². The smallest absolute Gasteiger partial charge is 0.264 e. The van der Waals surface area contributed by atoms with Crippen molar-refractivity contribution < 1.29 is 13.2 Å². The zero-order valence-electron chi connectivity index (χ0n) is 16.3. The molecular formula is C23H20N2O3S2. The van der Waals surface area contributed by atoms with Crippen molar-refractivity contribution >= 4 is 43.0 Å². The number of rotatable bonds is 6. The van der Waals surface area contributed by atoms with E-state index in [4.69, 9.17) is 0 Å². The van der Waals surface area contributed by atoms with Gasteiger partial charge < -0.3 is 5.32 Å². The van der Waals surface area contributed by atoms with Crippen LogP contribution >= 0.6 is 11.3 Å². The third-order valence-corrected chi connectivity index (χ3v) is 7.70. The van der Waals surface area contributed by atoms with Gasteiger partial charge in [-0.3, -0.25) is 9.10 Å². The van der Waals surface area contributed by atoms with Crippen molar-refractivity contribution in [3.63, 3.8) is 0 Å². The van der Waals surface area contributed by atoms with Crippen molar-refractivity contribution in [2.45, 2.75) is 11.4 Å². The fraction of sp³-hybridized carbons (Fsp3) is 0.0870. The number of anilines is 1. The molecule has 0 bridgehead atoms. The van der Waals surface area contributed by atoms with E-state index in [2.05, 4.69) is 5.32 Å². The Hall–Kier alpha value is -3.16. The van der Waals surface area contributed by atoms with Crippen LogP contribution in [0.4, 0.5) is 5.69 Å². The molecule has 0 atom stereocenters. The number of nitrogens with one attached hydrogen (secondary N) is 1. The molecule has 5 nitrogen and oxygen atoms in total. The number of hydrogen-bond acceptors (Lipinski definition) is 4. The second-order valence-electron chi connectivity index (χ2n) is 6.79. The van der Waals surface area contributed by atoms with Crippen LogP contribution in [0.3, 0.4) is 0 Å². The SMILES string of the molecule is CN(c1ccc2sc(C(=O)NCc3ccccc3)cc2c1)S(=O)(=O)c1ccccc1. The zero-order valence-corrected chi connectivity index (χ0v) is 17.9. The molecule has 0 fully saturated rings. The monoisotopic (exact) mass is 436 g/mol. The van der Waals surface area contributed by atoms with Gasteiger partial charge in [0.2, 0.25) is 0 Å². The molecule has 0 aliphatic carbocycles. The number of hydrogen-bond donors (Lipinski definition) is 1. The lowest BCUT2D eigenvalue weighted by molar-refractivity contribution is 0.0955. The highest BCUT2D eigenvalue weighted by Crippen LogP contribution is 2.31. The highest BCUT2D eigenvalue weighted by atomic mass is 32.2. The molecule has 1 heterocycles. The summed E-state index contributed by atoms with van der Waals surface area (Å²) in [6.07, 6.45) is 0. The van der Waals surface area contributed by atoms with Gasteiger partial charge in [-0.15, -0.1) is 11.3 Å². The fourth-order valence-electron chi connectivity index (χ4n) is 3.09. The number of thiophene rings is 1. The number of benzene rings is 3. The average molecular weight is 437 g/mol. The molecule has 4 rings (SSSR count). The Morgan fingerprint density at radius 1 is 0.933 bits per heavy atom. The molecule has 152 valence electrons. The van der Waals surface area contributed by atoms with Gasteiger partial charge in [-0.05, 0) is 47.3 Å². The maximum Gasteiger partial charge on any atom is 0.264 e. The van der Waals surface area contributed by atoms with Gasteiger partial charge in [-0.2, -0.15) is 0 Å². The lowest BCUT2D eigenvalue weighted by Crippen LogP contribution is -2.26. The van der Waals surface area contributed by atoms with Gasteiger partial charge in [0.05, 0.1) is 15.5 Å². The van der Waals surface area contributed by atoms with Crippen molar-refractivity contribution in [3.05, 3.63) is 95.4 Å². The number of sulfonamides is 1. The molecular weight excluding hydrogens is 416 g/mol. The Labute approximate surface area is 179 Å². The Kier molecular flexibility index (Phi) is 5.57. The van der Waals surface area contributed by atoms with E-state index in [1.165, 1.54) is 22.7 Å². The fourth-order valence-corrected chi connectivity index (χ4v) is 5.26. The quantitative estimate of drug-likeness (QED) is 0.478. The molecule has 0 aliphatic rings. The van der Waals surface area contributed by atoms with Crippen molar-refractivity contribution in [2.24, 2.45) is 0 Å². The highest BCUT2D eigenvalue weighted by Gasteiger charge is 2.21. The lowest BCUT2D eigenvalue weighted by Gasteiger charge is -2.19. The number of fused-ring (bicyclic) bond motifs is 1. The van der Waals surface area contributed by atoms with Crippen LogP contribution < -0.4 is 9.62 Å². The molecule has 4 aromatic rings. The van der Waals surface area contributed by atoms with E-state index in [-0.39, 0.29) is 10.8 Å². The maximum absolute atomic E-state index is 12.9. The maximum atomic E-state index is 12.9. The van der Waals surface area contributed by atoms with Crippen LogP contribution in [0.15, 0.2) is 89.8 Å². The second-order valence-corrected chi connectivity index (χ2v) is 9.84. The van der Waals surface area contributed by atoms with Crippen LogP contribution in [0.2, 0.25) is 0 Å². The first kappa shape index (κ1) is 20.1. The van der Waals surface area contributed by atoms with E-state index in [9.17, 15) is 13.2 Å². The van der Waals surface area contributed by atoms with E-state index in [1.807, 2.05) is 36.4 Å². The van der Waals surface area contributed by atoms with Gasteiger partial charge in [-0.1, -0.05) is 48.5 Å². The molecule has 1 aromatic heterocycles. The first-order valence-electron chi connectivity index (χ1n) is 9.35. The molecule has 3 aromatic carbocycles. The molecule has 0 spiro atoms. The minimum Gasteiger partial charge on any atom is -0.347 e. The minimum absolute atomic E-state index is 0.146. The first-order chi connectivity index (χ1) is 14.4. The average Bonchev–Trinajstić information content (AvgIpc) is 3.21. The summed E-state index contributed by atoms with van der Waals surface area (Å²) in [5.41, 5.74) is 1.57. The lowest BCUT2D eigenvalue weighted by atomic mass is 10.2. The van der Waals surface area contributed by atoms with E-state index >= 15 is 0 Å². The Morgan fingerprint density at radius 3 is 2.30 bits per heavy atom. The van der Waals surface area contributed by atoms with Gasteiger partial charge >= 0.3 is 0 Å².